The first-order chi connectivity index (χ1) is 7.88. The van der Waals surface area contributed by atoms with Crippen molar-refractivity contribution in [1.29, 1.82) is 0 Å². The van der Waals surface area contributed by atoms with E-state index in [1.807, 2.05) is 0 Å². The first kappa shape index (κ1) is 14.1. The summed E-state index contributed by atoms with van der Waals surface area (Å²) in [5, 5.41) is 0. The lowest BCUT2D eigenvalue weighted by atomic mass is 9.90. The molecule has 1 atom stereocenters. The molecule has 16 heavy (non-hydrogen) atoms. The molecule has 1 rings (SSSR count). The van der Waals surface area contributed by atoms with Crippen molar-refractivity contribution in [3.8, 4) is 0 Å². The van der Waals surface area contributed by atoms with E-state index in [-0.39, 0.29) is 0 Å². The zero-order valence-electron chi connectivity index (χ0n) is 11.6. The largest absolute Gasteiger partial charge is 0.0654 e. The van der Waals surface area contributed by atoms with Crippen LogP contribution in [0.25, 0.3) is 0 Å². The Labute approximate surface area is 103 Å². The summed E-state index contributed by atoms with van der Waals surface area (Å²) in [6.07, 6.45) is 17.8. The molecule has 0 heteroatoms. The van der Waals surface area contributed by atoms with E-state index < -0.39 is 0 Å². The first-order valence-electron chi connectivity index (χ1n) is 7.88. The Kier molecular flexibility index (Phi) is 7.98. The molecule has 96 valence electrons. The van der Waals surface area contributed by atoms with Crippen molar-refractivity contribution in [1.82, 2.24) is 0 Å². The first-order valence-corrected chi connectivity index (χ1v) is 7.88. The van der Waals surface area contributed by atoms with Crippen molar-refractivity contribution in [2.75, 3.05) is 0 Å². The van der Waals surface area contributed by atoms with Crippen LogP contribution in [0.4, 0.5) is 0 Å². The molecule has 1 unspecified atom stereocenters. The minimum Gasteiger partial charge on any atom is -0.0654 e. The van der Waals surface area contributed by atoms with Gasteiger partial charge in [0.1, 0.15) is 0 Å². The van der Waals surface area contributed by atoms with Crippen molar-refractivity contribution in [3.05, 3.63) is 0 Å². The van der Waals surface area contributed by atoms with Gasteiger partial charge in [0.05, 0.1) is 0 Å². The summed E-state index contributed by atoms with van der Waals surface area (Å²) < 4.78 is 0. The average Bonchev–Trinajstić information content (AvgIpc) is 3.10. The van der Waals surface area contributed by atoms with Gasteiger partial charge in [0.2, 0.25) is 0 Å². The van der Waals surface area contributed by atoms with Crippen LogP contribution in [0.1, 0.15) is 90.9 Å². The normalized spacial score (nSPS) is 17.6. The number of unbranched alkanes of at least 4 members (excludes halogenated alkanes) is 6. The minimum atomic E-state index is 1.10. The van der Waals surface area contributed by atoms with E-state index in [1.54, 1.807) is 12.8 Å². The van der Waals surface area contributed by atoms with Crippen LogP contribution in [0.3, 0.4) is 0 Å². The van der Waals surface area contributed by atoms with Crippen LogP contribution in [0, 0.1) is 11.8 Å². The minimum absolute atomic E-state index is 1.10. The monoisotopic (exact) mass is 224 g/mol. The van der Waals surface area contributed by atoms with Crippen LogP contribution in [0.5, 0.6) is 0 Å². The van der Waals surface area contributed by atoms with E-state index >= 15 is 0 Å². The lowest BCUT2D eigenvalue weighted by Crippen LogP contribution is -2.03. The summed E-state index contributed by atoms with van der Waals surface area (Å²) in [7, 11) is 0. The van der Waals surface area contributed by atoms with Gasteiger partial charge in [-0.3, -0.25) is 0 Å². The van der Waals surface area contributed by atoms with Gasteiger partial charge in [-0.25, -0.2) is 0 Å². The van der Waals surface area contributed by atoms with Crippen LogP contribution >= 0.6 is 0 Å². The van der Waals surface area contributed by atoms with Crippen molar-refractivity contribution in [2.45, 2.75) is 90.9 Å². The number of hydrogen-bond donors (Lipinski definition) is 0. The third-order valence-electron chi connectivity index (χ3n) is 4.15. The third kappa shape index (κ3) is 6.55. The molecule has 0 aliphatic heterocycles. The zero-order chi connectivity index (χ0) is 11.6. The van der Waals surface area contributed by atoms with Gasteiger partial charge in [-0.05, 0) is 24.7 Å². The van der Waals surface area contributed by atoms with Gasteiger partial charge < -0.3 is 0 Å². The van der Waals surface area contributed by atoms with Crippen molar-refractivity contribution in [3.63, 3.8) is 0 Å². The highest BCUT2D eigenvalue weighted by atomic mass is 14.3. The Balaban J connectivity index is 1.99. The smallest absolute Gasteiger partial charge is 0.0386 e. The topological polar surface area (TPSA) is 0 Å². The summed E-state index contributed by atoms with van der Waals surface area (Å²) >= 11 is 0. The van der Waals surface area contributed by atoms with Crippen LogP contribution in [-0.2, 0) is 0 Å². The lowest BCUT2D eigenvalue weighted by molar-refractivity contribution is 0.365. The van der Waals surface area contributed by atoms with Gasteiger partial charge in [0.25, 0.3) is 0 Å². The molecule has 1 saturated carbocycles. The Hall–Kier alpha value is 0. The molecule has 0 spiro atoms. The van der Waals surface area contributed by atoms with Crippen molar-refractivity contribution in [2.24, 2.45) is 11.8 Å². The second kappa shape index (κ2) is 9.07. The third-order valence-corrected chi connectivity index (χ3v) is 4.15. The fourth-order valence-electron chi connectivity index (χ4n) is 2.85. The second-order valence-corrected chi connectivity index (χ2v) is 5.80. The summed E-state index contributed by atoms with van der Waals surface area (Å²) in [5.74, 6) is 2.25. The van der Waals surface area contributed by atoms with Crippen LogP contribution in [-0.4, -0.2) is 0 Å². The predicted molar refractivity (Wildman–Crippen MR) is 73.7 cm³/mol. The number of rotatable bonds is 11. The molecular weight excluding hydrogens is 192 g/mol. The van der Waals surface area contributed by atoms with E-state index in [2.05, 4.69) is 13.8 Å². The summed E-state index contributed by atoms with van der Waals surface area (Å²) in [5.41, 5.74) is 0. The average molecular weight is 224 g/mol. The fraction of sp³-hybridized carbons (Fsp3) is 1.00. The Morgan fingerprint density at radius 1 is 0.750 bits per heavy atom. The molecule has 0 heterocycles. The van der Waals surface area contributed by atoms with E-state index in [9.17, 15) is 0 Å². The standard InChI is InChI=1S/C16H32/c1-3-5-7-8-10-12-15(16-13-14-16)11-9-6-4-2/h15-16H,3-14H2,1-2H3. The molecule has 1 aliphatic carbocycles. The van der Waals surface area contributed by atoms with Gasteiger partial charge in [-0.2, -0.15) is 0 Å². The maximum atomic E-state index is 2.32. The van der Waals surface area contributed by atoms with Gasteiger partial charge in [-0.1, -0.05) is 78.1 Å². The van der Waals surface area contributed by atoms with Crippen LogP contribution in [0.15, 0.2) is 0 Å². The quantitative estimate of drug-likeness (QED) is 0.380. The van der Waals surface area contributed by atoms with Gasteiger partial charge in [0.15, 0.2) is 0 Å². The molecule has 0 radical (unpaired) electrons. The predicted octanol–water partition coefficient (Wildman–Crippen LogP) is 5.95. The van der Waals surface area contributed by atoms with Crippen LogP contribution in [0.2, 0.25) is 0 Å². The second-order valence-electron chi connectivity index (χ2n) is 5.80. The summed E-state index contributed by atoms with van der Waals surface area (Å²) in [6, 6.07) is 0. The highest BCUT2D eigenvalue weighted by molar-refractivity contribution is 4.81. The Morgan fingerprint density at radius 2 is 1.25 bits per heavy atom. The van der Waals surface area contributed by atoms with Crippen LogP contribution < -0.4 is 0 Å². The molecular formula is C16H32. The Bertz CT molecular complexity index is 146. The van der Waals surface area contributed by atoms with E-state index in [0.717, 1.165) is 11.8 Å². The molecule has 0 aromatic heterocycles. The lowest BCUT2D eigenvalue weighted by Gasteiger charge is -2.15. The molecule has 0 bridgehead atoms. The van der Waals surface area contributed by atoms with E-state index in [1.165, 1.54) is 64.2 Å². The highest BCUT2D eigenvalue weighted by Gasteiger charge is 2.29. The molecule has 0 saturated heterocycles. The SMILES string of the molecule is CCCCCCCC(CCCCC)C1CC1. The zero-order valence-corrected chi connectivity index (χ0v) is 11.6. The van der Waals surface area contributed by atoms with Crippen molar-refractivity contribution >= 4 is 0 Å². The molecule has 0 amide bonds. The van der Waals surface area contributed by atoms with E-state index in [4.69, 9.17) is 0 Å². The molecule has 0 aromatic carbocycles. The van der Waals surface area contributed by atoms with Gasteiger partial charge >= 0.3 is 0 Å². The Morgan fingerprint density at radius 3 is 1.81 bits per heavy atom. The number of hydrogen-bond acceptors (Lipinski definition) is 0. The fourth-order valence-corrected chi connectivity index (χ4v) is 2.85. The molecule has 0 aromatic rings. The van der Waals surface area contributed by atoms with Gasteiger partial charge in [-0.15, -0.1) is 0 Å². The van der Waals surface area contributed by atoms with Gasteiger partial charge in [0, 0.05) is 0 Å². The highest BCUT2D eigenvalue weighted by Crippen LogP contribution is 2.41. The summed E-state index contributed by atoms with van der Waals surface area (Å²) in [6.45, 7) is 4.62. The molecule has 0 nitrogen and oxygen atoms in total. The molecule has 0 N–H and O–H groups in total. The maximum absolute atomic E-state index is 2.32. The van der Waals surface area contributed by atoms with Crippen molar-refractivity contribution < 1.29 is 0 Å². The molecule has 1 aliphatic rings. The van der Waals surface area contributed by atoms with E-state index in [0.29, 0.717) is 0 Å². The molecule has 1 fully saturated rings. The summed E-state index contributed by atoms with van der Waals surface area (Å²) in [4.78, 5) is 0. The maximum Gasteiger partial charge on any atom is -0.0386 e.